The molecule has 0 radical (unpaired) electrons. The summed E-state index contributed by atoms with van der Waals surface area (Å²) >= 11 is 3.82. The third-order valence-corrected chi connectivity index (χ3v) is 15.5. The molecule has 0 saturated carbocycles. The van der Waals surface area contributed by atoms with E-state index in [4.69, 9.17) is 0 Å². The van der Waals surface area contributed by atoms with E-state index in [9.17, 15) is 0 Å². The number of hydrogen-bond acceptors (Lipinski definition) is 3. The molecule has 3 heteroatoms. The fourth-order valence-corrected chi connectivity index (χ4v) is 12.7. The quantitative estimate of drug-likeness (QED) is 0.172. The van der Waals surface area contributed by atoms with Crippen LogP contribution in [0.5, 0.6) is 0 Å². The summed E-state index contributed by atoms with van der Waals surface area (Å²) in [5.74, 6) is 0. The molecular weight excluding hydrogens is 727 g/mol. The summed E-state index contributed by atoms with van der Waals surface area (Å²) in [5, 5.41) is 5.37. The Balaban J connectivity index is 1.03. The van der Waals surface area contributed by atoms with Crippen LogP contribution in [-0.4, -0.2) is 0 Å². The Hall–Kier alpha value is -6.00. The van der Waals surface area contributed by atoms with Crippen LogP contribution in [0.3, 0.4) is 0 Å². The van der Waals surface area contributed by atoms with Gasteiger partial charge < -0.3 is 4.90 Å². The highest BCUT2D eigenvalue weighted by atomic mass is 32.1. The van der Waals surface area contributed by atoms with Crippen LogP contribution in [0.1, 0.15) is 49.9 Å². The number of fused-ring (bicyclic) bond motifs is 13. The third-order valence-electron chi connectivity index (χ3n) is 13.1. The maximum atomic E-state index is 2.48. The molecule has 12 rings (SSSR count). The molecule has 2 aliphatic carbocycles. The molecule has 2 aromatic heterocycles. The van der Waals surface area contributed by atoms with Crippen molar-refractivity contribution in [3.8, 4) is 33.4 Å². The molecule has 272 valence electrons. The lowest BCUT2D eigenvalue weighted by molar-refractivity contribution is 0.660. The third kappa shape index (κ3) is 4.61. The monoisotopic (exact) mass is 765 g/mol. The van der Waals surface area contributed by atoms with E-state index in [0.717, 1.165) is 5.69 Å². The van der Waals surface area contributed by atoms with Gasteiger partial charge in [-0.15, -0.1) is 22.7 Å². The van der Waals surface area contributed by atoms with Crippen LogP contribution < -0.4 is 4.90 Å². The van der Waals surface area contributed by atoms with Crippen molar-refractivity contribution in [3.63, 3.8) is 0 Å². The average Bonchev–Trinajstić information content (AvgIpc) is 3.94. The molecule has 0 fully saturated rings. The van der Waals surface area contributed by atoms with E-state index in [0.29, 0.717) is 0 Å². The molecule has 0 unspecified atom stereocenters. The highest BCUT2D eigenvalue weighted by Crippen LogP contribution is 2.56. The van der Waals surface area contributed by atoms with Crippen LogP contribution in [0.25, 0.3) is 73.7 Å². The second kappa shape index (κ2) is 11.8. The van der Waals surface area contributed by atoms with Crippen molar-refractivity contribution >= 4 is 80.1 Å². The molecule has 0 N–H and O–H groups in total. The fourth-order valence-electron chi connectivity index (χ4n) is 10.2. The Kier molecular flexibility index (Phi) is 6.85. The van der Waals surface area contributed by atoms with Gasteiger partial charge in [0.05, 0.1) is 0 Å². The molecule has 10 aromatic rings. The number of hydrogen-bond donors (Lipinski definition) is 0. The van der Waals surface area contributed by atoms with Crippen molar-refractivity contribution in [1.82, 2.24) is 0 Å². The predicted molar refractivity (Wildman–Crippen MR) is 247 cm³/mol. The lowest BCUT2D eigenvalue weighted by Crippen LogP contribution is -2.18. The molecule has 1 nitrogen and oxygen atoms in total. The van der Waals surface area contributed by atoms with E-state index in [1.807, 2.05) is 22.7 Å². The van der Waals surface area contributed by atoms with Crippen molar-refractivity contribution in [2.75, 3.05) is 4.90 Å². The SMILES string of the molecule is CC1(C)c2ccccc2-c2ccc(N(c3ccc(-c4cccc5c4sc4ccccc45)cc3)c3ccc4c(c3)C(C)(C)c3ccc5c(sc6ccccc65)c3-4)cc21. The zero-order valence-corrected chi connectivity index (χ0v) is 34.0. The summed E-state index contributed by atoms with van der Waals surface area (Å²) in [4.78, 5) is 2.48. The first-order chi connectivity index (χ1) is 27.8. The second-order valence-electron chi connectivity index (χ2n) is 16.9. The number of thiophene rings is 2. The number of rotatable bonds is 4. The summed E-state index contributed by atoms with van der Waals surface area (Å²) in [6, 6.07) is 61.7. The first-order valence-corrected chi connectivity index (χ1v) is 21.6. The van der Waals surface area contributed by atoms with Crippen molar-refractivity contribution in [3.05, 3.63) is 186 Å². The van der Waals surface area contributed by atoms with E-state index < -0.39 is 0 Å². The zero-order valence-electron chi connectivity index (χ0n) is 32.4. The second-order valence-corrected chi connectivity index (χ2v) is 19.0. The Morgan fingerprint density at radius 2 is 0.895 bits per heavy atom. The molecule has 0 atom stereocenters. The van der Waals surface area contributed by atoms with Gasteiger partial charge >= 0.3 is 0 Å². The number of anilines is 3. The number of benzene rings is 8. The van der Waals surface area contributed by atoms with Gasteiger partial charge in [0.15, 0.2) is 0 Å². The van der Waals surface area contributed by atoms with Gasteiger partial charge in [0, 0.05) is 73.8 Å². The van der Waals surface area contributed by atoms with Crippen molar-refractivity contribution in [2.24, 2.45) is 0 Å². The van der Waals surface area contributed by atoms with Crippen LogP contribution in [0, 0.1) is 0 Å². The van der Waals surface area contributed by atoms with E-state index >= 15 is 0 Å². The molecular formula is C54H39NS2. The maximum absolute atomic E-state index is 2.48. The average molecular weight is 766 g/mol. The van der Waals surface area contributed by atoms with Gasteiger partial charge in [0.2, 0.25) is 0 Å². The Labute approximate surface area is 341 Å². The van der Waals surface area contributed by atoms with Crippen LogP contribution in [-0.2, 0) is 10.8 Å². The summed E-state index contributed by atoms with van der Waals surface area (Å²) < 4.78 is 5.43. The first-order valence-electron chi connectivity index (χ1n) is 19.9. The molecule has 0 spiro atoms. The van der Waals surface area contributed by atoms with Crippen molar-refractivity contribution in [2.45, 2.75) is 38.5 Å². The minimum absolute atomic E-state index is 0.0996. The summed E-state index contributed by atoms with van der Waals surface area (Å²) in [6.07, 6.45) is 0. The van der Waals surface area contributed by atoms with Crippen LogP contribution in [0.2, 0.25) is 0 Å². The molecule has 0 amide bonds. The molecule has 0 bridgehead atoms. The smallest absolute Gasteiger partial charge is 0.0465 e. The number of nitrogens with zero attached hydrogens (tertiary/aromatic N) is 1. The summed E-state index contributed by atoms with van der Waals surface area (Å²) in [6.45, 7) is 9.56. The fraction of sp³-hybridized carbons (Fsp3) is 0.111. The van der Waals surface area contributed by atoms with Gasteiger partial charge in [0.25, 0.3) is 0 Å². The molecule has 2 heterocycles. The largest absolute Gasteiger partial charge is 0.310 e. The van der Waals surface area contributed by atoms with E-state index in [1.54, 1.807) is 0 Å². The Morgan fingerprint density at radius 1 is 0.368 bits per heavy atom. The van der Waals surface area contributed by atoms with E-state index in [-0.39, 0.29) is 10.8 Å². The molecule has 0 aliphatic heterocycles. The molecule has 2 aliphatic rings. The molecule has 57 heavy (non-hydrogen) atoms. The molecule has 0 saturated heterocycles. The minimum Gasteiger partial charge on any atom is -0.310 e. The predicted octanol–water partition coefficient (Wildman–Crippen LogP) is 16.2. The molecule has 8 aromatic carbocycles. The van der Waals surface area contributed by atoms with Crippen LogP contribution in [0.4, 0.5) is 17.1 Å². The minimum atomic E-state index is -0.148. The van der Waals surface area contributed by atoms with E-state index in [2.05, 4.69) is 196 Å². The van der Waals surface area contributed by atoms with Crippen molar-refractivity contribution < 1.29 is 0 Å². The van der Waals surface area contributed by atoms with Crippen LogP contribution >= 0.6 is 22.7 Å². The first kappa shape index (κ1) is 33.2. The lowest BCUT2D eigenvalue weighted by Gasteiger charge is -2.30. The Bertz CT molecular complexity index is 3300. The van der Waals surface area contributed by atoms with Crippen LogP contribution in [0.15, 0.2) is 164 Å². The topological polar surface area (TPSA) is 3.24 Å². The summed E-state index contributed by atoms with van der Waals surface area (Å²) in [7, 11) is 0. The van der Waals surface area contributed by atoms with Gasteiger partial charge in [-0.05, 0) is 98.6 Å². The van der Waals surface area contributed by atoms with Gasteiger partial charge in [-0.2, -0.15) is 0 Å². The lowest BCUT2D eigenvalue weighted by atomic mass is 9.82. The highest BCUT2D eigenvalue weighted by molar-refractivity contribution is 7.26. The highest BCUT2D eigenvalue weighted by Gasteiger charge is 2.39. The van der Waals surface area contributed by atoms with Gasteiger partial charge in [-0.1, -0.05) is 143 Å². The maximum Gasteiger partial charge on any atom is 0.0465 e. The standard InChI is InChI=1S/C54H39NS2/c1-53(2)44-17-8-5-12-37(44)38-26-24-34(30-46(38)53)55(33-22-20-32(21-23-33)36-15-11-16-41-39-13-6-9-18-48(39)56-51(36)41)35-25-27-43-47(31-35)54(3,4)45-29-28-42-40-14-7-10-19-49(40)57-52(42)50(43)45/h5-31H,1-4H3. The zero-order chi connectivity index (χ0) is 38.2. The normalized spacial score (nSPS) is 14.6. The van der Waals surface area contributed by atoms with Crippen molar-refractivity contribution in [1.29, 1.82) is 0 Å². The van der Waals surface area contributed by atoms with Gasteiger partial charge in [0.1, 0.15) is 0 Å². The Morgan fingerprint density at radius 3 is 1.63 bits per heavy atom. The van der Waals surface area contributed by atoms with Gasteiger partial charge in [-0.3, -0.25) is 0 Å². The van der Waals surface area contributed by atoms with E-state index in [1.165, 1.54) is 107 Å². The summed E-state index contributed by atoms with van der Waals surface area (Å²) in [5.41, 5.74) is 16.8. The van der Waals surface area contributed by atoms with Gasteiger partial charge in [-0.25, -0.2) is 0 Å².